The van der Waals surface area contributed by atoms with Crippen molar-refractivity contribution in [1.29, 1.82) is 0 Å². The van der Waals surface area contributed by atoms with Gasteiger partial charge in [-0.2, -0.15) is 5.10 Å². The van der Waals surface area contributed by atoms with E-state index in [1.807, 2.05) is 13.1 Å². The molecule has 1 unspecified atom stereocenters. The zero-order valence-corrected chi connectivity index (χ0v) is 14.6. The number of rotatable bonds is 5. The molecule has 2 aromatic rings. The van der Waals surface area contributed by atoms with Crippen LogP contribution in [0.25, 0.3) is 0 Å². The van der Waals surface area contributed by atoms with Gasteiger partial charge in [-0.05, 0) is 47.0 Å². The number of aryl methyl sites for hydroxylation is 2. The van der Waals surface area contributed by atoms with E-state index in [1.54, 1.807) is 23.7 Å². The number of halogens is 2. The summed E-state index contributed by atoms with van der Waals surface area (Å²) in [6, 6.07) is 5.30. The summed E-state index contributed by atoms with van der Waals surface area (Å²) in [7, 11) is 1.89. The molecule has 0 aliphatic rings. The normalized spacial score (nSPS) is 12.5. The van der Waals surface area contributed by atoms with Crippen molar-refractivity contribution in [3.8, 4) is 5.75 Å². The second-order valence-corrected chi connectivity index (χ2v) is 6.04. The summed E-state index contributed by atoms with van der Waals surface area (Å²) in [4.78, 5) is 0. The van der Waals surface area contributed by atoms with Gasteiger partial charge >= 0.3 is 0 Å². The van der Waals surface area contributed by atoms with Crippen molar-refractivity contribution in [3.63, 3.8) is 0 Å². The second-order valence-electron chi connectivity index (χ2n) is 4.84. The fourth-order valence-electron chi connectivity index (χ4n) is 2.02. The summed E-state index contributed by atoms with van der Waals surface area (Å²) in [6.07, 6.45) is 0.313. The van der Waals surface area contributed by atoms with Crippen molar-refractivity contribution in [2.45, 2.75) is 33.0 Å². The van der Waals surface area contributed by atoms with Crippen LogP contribution in [0, 0.1) is 0 Å². The summed E-state index contributed by atoms with van der Waals surface area (Å²) in [5.74, 6) is 0.590. The smallest absolute Gasteiger partial charge is 0.138 e. The molecule has 0 spiro atoms. The summed E-state index contributed by atoms with van der Waals surface area (Å²) in [5.41, 5.74) is 2.73. The van der Waals surface area contributed by atoms with Crippen molar-refractivity contribution < 1.29 is 9.84 Å². The zero-order chi connectivity index (χ0) is 15.6. The van der Waals surface area contributed by atoms with E-state index < -0.39 is 6.10 Å². The Kier molecular flexibility index (Phi) is 5.30. The SMILES string of the molecule is CCc1nn(C)c(COc2ccc(C(C)O)cc2Cl)c1Br. The molecule has 114 valence electrons. The lowest BCUT2D eigenvalue weighted by Crippen LogP contribution is -2.04. The third kappa shape index (κ3) is 3.59. The maximum atomic E-state index is 9.53. The number of nitrogens with zero attached hydrogens (tertiary/aromatic N) is 2. The van der Waals surface area contributed by atoms with Gasteiger partial charge < -0.3 is 9.84 Å². The van der Waals surface area contributed by atoms with Crippen LogP contribution in [0.15, 0.2) is 22.7 Å². The van der Waals surface area contributed by atoms with Gasteiger partial charge in [0.1, 0.15) is 12.4 Å². The van der Waals surface area contributed by atoms with Gasteiger partial charge in [0.05, 0.1) is 27.0 Å². The van der Waals surface area contributed by atoms with E-state index in [0.717, 1.165) is 27.8 Å². The highest BCUT2D eigenvalue weighted by atomic mass is 79.9. The highest BCUT2D eigenvalue weighted by Gasteiger charge is 2.14. The third-order valence-electron chi connectivity index (χ3n) is 3.31. The number of aromatic nitrogens is 2. The first-order valence-corrected chi connectivity index (χ1v) is 7.91. The molecule has 0 bridgehead atoms. The number of ether oxygens (including phenoxy) is 1. The molecular formula is C15H18BrClN2O2. The lowest BCUT2D eigenvalue weighted by Gasteiger charge is -2.11. The van der Waals surface area contributed by atoms with E-state index in [1.165, 1.54) is 0 Å². The second kappa shape index (κ2) is 6.81. The minimum atomic E-state index is -0.546. The van der Waals surface area contributed by atoms with Gasteiger partial charge in [0, 0.05) is 7.05 Å². The van der Waals surface area contributed by atoms with Crippen LogP contribution in [0.1, 0.15) is 36.9 Å². The van der Waals surface area contributed by atoms with Crippen molar-refractivity contribution in [3.05, 3.63) is 44.6 Å². The zero-order valence-electron chi connectivity index (χ0n) is 12.2. The van der Waals surface area contributed by atoms with Crippen LogP contribution in [-0.2, 0) is 20.1 Å². The van der Waals surface area contributed by atoms with Gasteiger partial charge in [-0.25, -0.2) is 0 Å². The summed E-state index contributed by atoms with van der Waals surface area (Å²) < 4.78 is 8.56. The Morgan fingerprint density at radius 3 is 2.71 bits per heavy atom. The molecule has 0 saturated carbocycles. The van der Waals surface area contributed by atoms with Crippen LogP contribution < -0.4 is 4.74 Å². The largest absolute Gasteiger partial charge is 0.486 e. The van der Waals surface area contributed by atoms with Gasteiger partial charge in [0.2, 0.25) is 0 Å². The topological polar surface area (TPSA) is 47.3 Å². The summed E-state index contributed by atoms with van der Waals surface area (Å²) in [6.45, 7) is 4.13. The molecule has 1 aromatic heterocycles. The van der Waals surface area contributed by atoms with Crippen molar-refractivity contribution in [1.82, 2.24) is 9.78 Å². The van der Waals surface area contributed by atoms with Crippen LogP contribution >= 0.6 is 27.5 Å². The number of hydrogen-bond acceptors (Lipinski definition) is 3. The number of aliphatic hydroxyl groups excluding tert-OH is 1. The number of benzene rings is 1. The predicted octanol–water partition coefficient (Wildman–Crippen LogP) is 4.03. The average Bonchev–Trinajstić information content (AvgIpc) is 2.72. The monoisotopic (exact) mass is 372 g/mol. The van der Waals surface area contributed by atoms with Crippen LogP contribution in [0.3, 0.4) is 0 Å². The molecule has 1 aromatic carbocycles. The molecule has 0 aliphatic heterocycles. The fraction of sp³-hybridized carbons (Fsp3) is 0.400. The molecule has 0 fully saturated rings. The first kappa shape index (κ1) is 16.3. The molecule has 1 heterocycles. The molecule has 6 heteroatoms. The average molecular weight is 374 g/mol. The van der Waals surface area contributed by atoms with Crippen molar-refractivity contribution in [2.75, 3.05) is 0 Å². The molecule has 0 amide bonds. The minimum absolute atomic E-state index is 0.373. The Morgan fingerprint density at radius 1 is 1.48 bits per heavy atom. The Bertz CT molecular complexity index is 641. The number of aliphatic hydroxyl groups is 1. The van der Waals surface area contributed by atoms with E-state index in [-0.39, 0.29) is 0 Å². The third-order valence-corrected chi connectivity index (χ3v) is 4.52. The molecule has 0 aliphatic carbocycles. The molecule has 2 rings (SSSR count). The van der Waals surface area contributed by atoms with Crippen LogP contribution in [-0.4, -0.2) is 14.9 Å². The maximum Gasteiger partial charge on any atom is 0.138 e. The Morgan fingerprint density at radius 2 is 2.19 bits per heavy atom. The predicted molar refractivity (Wildman–Crippen MR) is 86.7 cm³/mol. The first-order chi connectivity index (χ1) is 9.93. The molecule has 0 radical (unpaired) electrons. The Balaban J connectivity index is 2.15. The minimum Gasteiger partial charge on any atom is -0.486 e. The molecule has 1 atom stereocenters. The van der Waals surface area contributed by atoms with Gasteiger partial charge in [-0.1, -0.05) is 24.6 Å². The quantitative estimate of drug-likeness (QED) is 0.860. The maximum absolute atomic E-state index is 9.53. The molecule has 0 saturated heterocycles. The molecule has 4 nitrogen and oxygen atoms in total. The van der Waals surface area contributed by atoms with Gasteiger partial charge in [-0.15, -0.1) is 0 Å². The van der Waals surface area contributed by atoms with Crippen LogP contribution in [0.5, 0.6) is 5.75 Å². The van der Waals surface area contributed by atoms with Gasteiger partial charge in [-0.3, -0.25) is 4.68 Å². The first-order valence-electron chi connectivity index (χ1n) is 6.74. The molecule has 1 N–H and O–H groups in total. The van der Waals surface area contributed by atoms with Crippen molar-refractivity contribution >= 4 is 27.5 Å². The van der Waals surface area contributed by atoms with E-state index in [2.05, 4.69) is 28.0 Å². The number of hydrogen-bond donors (Lipinski definition) is 1. The Hall–Kier alpha value is -1.04. The van der Waals surface area contributed by atoms with Gasteiger partial charge in [0.25, 0.3) is 0 Å². The van der Waals surface area contributed by atoms with E-state index in [9.17, 15) is 5.11 Å². The standard InChI is InChI=1S/C15H18BrClN2O2/c1-4-12-15(16)13(19(3)18-12)8-21-14-6-5-10(9(2)20)7-11(14)17/h5-7,9,20H,4,8H2,1-3H3. The molecule has 21 heavy (non-hydrogen) atoms. The van der Waals surface area contributed by atoms with Crippen LogP contribution in [0.4, 0.5) is 0 Å². The highest BCUT2D eigenvalue weighted by molar-refractivity contribution is 9.10. The molecular weight excluding hydrogens is 356 g/mol. The van der Waals surface area contributed by atoms with Gasteiger partial charge in [0.15, 0.2) is 0 Å². The summed E-state index contributed by atoms with van der Waals surface area (Å²) in [5, 5.41) is 14.4. The summed E-state index contributed by atoms with van der Waals surface area (Å²) >= 11 is 9.74. The Labute approximate surface area is 137 Å². The van der Waals surface area contributed by atoms with E-state index in [4.69, 9.17) is 16.3 Å². The lowest BCUT2D eigenvalue weighted by atomic mass is 10.1. The fourth-order valence-corrected chi connectivity index (χ4v) is 2.99. The van der Waals surface area contributed by atoms with E-state index >= 15 is 0 Å². The van der Waals surface area contributed by atoms with Crippen molar-refractivity contribution in [2.24, 2.45) is 7.05 Å². The lowest BCUT2D eigenvalue weighted by molar-refractivity contribution is 0.199. The highest BCUT2D eigenvalue weighted by Crippen LogP contribution is 2.29. The van der Waals surface area contributed by atoms with Crippen LogP contribution in [0.2, 0.25) is 5.02 Å². The van der Waals surface area contributed by atoms with E-state index in [0.29, 0.717) is 17.4 Å².